The molecule has 0 aliphatic heterocycles. The zero-order chi connectivity index (χ0) is 17.9. The molecule has 1 rings (SSSR count). The lowest BCUT2D eigenvalue weighted by atomic mass is 10.1. The molecule has 0 aliphatic carbocycles. The van der Waals surface area contributed by atoms with Crippen molar-refractivity contribution in [3.8, 4) is 5.75 Å². The Morgan fingerprint density at radius 3 is 2.58 bits per heavy atom. The standard InChI is InChI=1S/C19H30N2O3/c1-5-8-12-20-19(23)17(6-2)21(18(22)7-3)14-15-10-9-11-16(13-15)24-4/h9-11,13,17H,5-8,12,14H2,1-4H3,(H,20,23)/t17-/m0/s1. The van der Waals surface area contributed by atoms with Crippen LogP contribution in [0, 0.1) is 0 Å². The molecule has 0 spiro atoms. The fraction of sp³-hybridized carbons (Fsp3) is 0.579. The number of amides is 2. The molecule has 0 saturated carbocycles. The van der Waals surface area contributed by atoms with Crippen molar-refractivity contribution in [3.05, 3.63) is 29.8 Å². The van der Waals surface area contributed by atoms with Crippen LogP contribution in [0.5, 0.6) is 5.75 Å². The molecule has 1 N–H and O–H groups in total. The van der Waals surface area contributed by atoms with Crippen molar-refractivity contribution in [2.24, 2.45) is 0 Å². The summed E-state index contributed by atoms with van der Waals surface area (Å²) in [6.07, 6.45) is 2.94. The maximum absolute atomic E-state index is 12.5. The van der Waals surface area contributed by atoms with E-state index >= 15 is 0 Å². The van der Waals surface area contributed by atoms with Crippen molar-refractivity contribution in [2.45, 2.75) is 59.0 Å². The van der Waals surface area contributed by atoms with Crippen LogP contribution < -0.4 is 10.1 Å². The maximum atomic E-state index is 12.5. The van der Waals surface area contributed by atoms with E-state index in [1.54, 1.807) is 12.0 Å². The van der Waals surface area contributed by atoms with Crippen molar-refractivity contribution >= 4 is 11.8 Å². The van der Waals surface area contributed by atoms with Crippen LogP contribution in [-0.4, -0.2) is 36.4 Å². The van der Waals surface area contributed by atoms with Crippen molar-refractivity contribution in [2.75, 3.05) is 13.7 Å². The van der Waals surface area contributed by atoms with Gasteiger partial charge in [0.1, 0.15) is 11.8 Å². The summed E-state index contributed by atoms with van der Waals surface area (Å²) in [5.41, 5.74) is 0.955. The summed E-state index contributed by atoms with van der Waals surface area (Å²) in [7, 11) is 1.62. The molecule has 1 atom stereocenters. The van der Waals surface area contributed by atoms with Crippen molar-refractivity contribution in [1.82, 2.24) is 10.2 Å². The highest BCUT2D eigenvalue weighted by atomic mass is 16.5. The third kappa shape index (κ3) is 5.87. The first-order valence-electron chi connectivity index (χ1n) is 8.77. The highest BCUT2D eigenvalue weighted by molar-refractivity contribution is 5.87. The van der Waals surface area contributed by atoms with E-state index in [0.717, 1.165) is 24.2 Å². The smallest absolute Gasteiger partial charge is 0.242 e. The molecular weight excluding hydrogens is 304 g/mol. The van der Waals surface area contributed by atoms with Crippen LogP contribution in [-0.2, 0) is 16.1 Å². The average Bonchev–Trinajstić information content (AvgIpc) is 2.61. The van der Waals surface area contributed by atoms with Gasteiger partial charge >= 0.3 is 0 Å². The quantitative estimate of drug-likeness (QED) is 0.669. The molecule has 0 fully saturated rings. The Hall–Kier alpha value is -2.04. The lowest BCUT2D eigenvalue weighted by molar-refractivity contribution is -0.141. The predicted octanol–water partition coefficient (Wildman–Crippen LogP) is 3.13. The molecule has 5 nitrogen and oxygen atoms in total. The Balaban J connectivity index is 2.92. The van der Waals surface area contributed by atoms with Gasteiger partial charge in [0.25, 0.3) is 0 Å². The van der Waals surface area contributed by atoms with E-state index in [1.807, 2.05) is 38.1 Å². The Kier molecular flexibility index (Phi) is 8.90. The van der Waals surface area contributed by atoms with Crippen molar-refractivity contribution in [1.29, 1.82) is 0 Å². The van der Waals surface area contributed by atoms with E-state index in [0.29, 0.717) is 25.9 Å². The van der Waals surface area contributed by atoms with E-state index in [4.69, 9.17) is 4.74 Å². The number of carbonyl (C=O) groups is 2. The highest BCUT2D eigenvalue weighted by Crippen LogP contribution is 2.17. The normalized spacial score (nSPS) is 11.7. The third-order valence-electron chi connectivity index (χ3n) is 4.00. The van der Waals surface area contributed by atoms with Gasteiger partial charge in [0, 0.05) is 19.5 Å². The number of rotatable bonds is 10. The summed E-state index contributed by atoms with van der Waals surface area (Å²) >= 11 is 0. The maximum Gasteiger partial charge on any atom is 0.242 e. The number of ether oxygens (including phenoxy) is 1. The lowest BCUT2D eigenvalue weighted by Gasteiger charge is -2.30. The average molecular weight is 334 g/mol. The molecule has 1 aromatic carbocycles. The largest absolute Gasteiger partial charge is 0.497 e. The van der Waals surface area contributed by atoms with E-state index in [2.05, 4.69) is 12.2 Å². The topological polar surface area (TPSA) is 58.6 Å². The monoisotopic (exact) mass is 334 g/mol. The van der Waals surface area contributed by atoms with Gasteiger partial charge in [-0.3, -0.25) is 9.59 Å². The number of nitrogens with one attached hydrogen (secondary N) is 1. The fourth-order valence-electron chi connectivity index (χ4n) is 2.60. The first-order valence-corrected chi connectivity index (χ1v) is 8.77. The van der Waals surface area contributed by atoms with E-state index < -0.39 is 6.04 Å². The minimum absolute atomic E-state index is 0.0182. The molecule has 0 bridgehead atoms. The second-order valence-electron chi connectivity index (χ2n) is 5.80. The minimum atomic E-state index is -0.444. The Morgan fingerprint density at radius 2 is 2.00 bits per heavy atom. The van der Waals surface area contributed by atoms with Gasteiger partial charge in [0.2, 0.25) is 11.8 Å². The van der Waals surface area contributed by atoms with Crippen LogP contribution >= 0.6 is 0 Å². The summed E-state index contributed by atoms with van der Waals surface area (Å²) in [6, 6.07) is 7.16. The third-order valence-corrected chi connectivity index (χ3v) is 4.00. The van der Waals surface area contributed by atoms with Gasteiger partial charge in [0.15, 0.2) is 0 Å². The molecule has 0 aliphatic rings. The van der Waals surface area contributed by atoms with Crippen molar-refractivity contribution < 1.29 is 14.3 Å². The van der Waals surface area contributed by atoms with Crippen LogP contribution in [0.3, 0.4) is 0 Å². The van der Waals surface area contributed by atoms with Crippen LogP contribution in [0.2, 0.25) is 0 Å². The summed E-state index contributed by atoms with van der Waals surface area (Å²) in [4.78, 5) is 26.6. The molecule has 0 saturated heterocycles. The molecule has 24 heavy (non-hydrogen) atoms. The van der Waals surface area contributed by atoms with Crippen LogP contribution in [0.4, 0.5) is 0 Å². The van der Waals surface area contributed by atoms with Gasteiger partial charge in [-0.25, -0.2) is 0 Å². The summed E-state index contributed by atoms with van der Waals surface area (Å²) in [5, 5.41) is 2.94. The SMILES string of the molecule is CCCCNC(=O)[C@H](CC)N(Cc1cccc(OC)c1)C(=O)CC. The minimum Gasteiger partial charge on any atom is -0.497 e. The summed E-state index contributed by atoms with van der Waals surface area (Å²) in [5.74, 6) is 0.655. The molecule has 0 aromatic heterocycles. The molecule has 134 valence electrons. The number of hydrogen-bond donors (Lipinski definition) is 1. The van der Waals surface area contributed by atoms with E-state index in [1.165, 1.54) is 0 Å². The van der Waals surface area contributed by atoms with Crippen LogP contribution in [0.1, 0.15) is 52.0 Å². The zero-order valence-electron chi connectivity index (χ0n) is 15.3. The Morgan fingerprint density at radius 1 is 1.25 bits per heavy atom. The number of unbranched alkanes of at least 4 members (excludes halogenated alkanes) is 1. The number of hydrogen-bond acceptors (Lipinski definition) is 3. The molecular formula is C19H30N2O3. The van der Waals surface area contributed by atoms with Gasteiger partial charge in [-0.05, 0) is 30.5 Å². The Labute approximate surface area is 145 Å². The van der Waals surface area contributed by atoms with Crippen LogP contribution in [0.25, 0.3) is 0 Å². The van der Waals surface area contributed by atoms with Gasteiger partial charge in [-0.1, -0.05) is 39.3 Å². The molecule has 0 heterocycles. The van der Waals surface area contributed by atoms with E-state index in [-0.39, 0.29) is 11.8 Å². The van der Waals surface area contributed by atoms with E-state index in [9.17, 15) is 9.59 Å². The molecule has 0 unspecified atom stereocenters. The summed E-state index contributed by atoms with van der Waals surface area (Å²) in [6.45, 7) is 6.90. The predicted molar refractivity (Wildman–Crippen MR) is 95.8 cm³/mol. The molecule has 0 radical (unpaired) electrons. The second kappa shape index (κ2) is 10.7. The molecule has 1 aromatic rings. The van der Waals surface area contributed by atoms with Gasteiger partial charge in [0.05, 0.1) is 7.11 Å². The molecule has 5 heteroatoms. The number of carbonyl (C=O) groups excluding carboxylic acids is 2. The van der Waals surface area contributed by atoms with Gasteiger partial charge in [-0.2, -0.15) is 0 Å². The number of benzene rings is 1. The zero-order valence-corrected chi connectivity index (χ0v) is 15.3. The Bertz CT molecular complexity index is 531. The van der Waals surface area contributed by atoms with Gasteiger partial charge in [-0.15, -0.1) is 0 Å². The first kappa shape index (κ1) is 20.0. The molecule has 2 amide bonds. The number of nitrogens with zero attached hydrogens (tertiary/aromatic N) is 1. The van der Waals surface area contributed by atoms with Gasteiger partial charge < -0.3 is 15.0 Å². The van der Waals surface area contributed by atoms with Crippen LogP contribution in [0.15, 0.2) is 24.3 Å². The van der Waals surface area contributed by atoms with Crippen molar-refractivity contribution in [3.63, 3.8) is 0 Å². The first-order chi connectivity index (χ1) is 11.6. The highest BCUT2D eigenvalue weighted by Gasteiger charge is 2.27. The number of methoxy groups -OCH3 is 1. The fourth-order valence-corrected chi connectivity index (χ4v) is 2.60. The lowest BCUT2D eigenvalue weighted by Crippen LogP contribution is -2.49. The second-order valence-corrected chi connectivity index (χ2v) is 5.80. The summed E-state index contributed by atoms with van der Waals surface area (Å²) < 4.78 is 5.24.